The van der Waals surface area contributed by atoms with Gasteiger partial charge in [0.05, 0.1) is 11.2 Å². The number of aromatic amines is 1. The van der Waals surface area contributed by atoms with Crippen molar-refractivity contribution in [1.29, 1.82) is 0 Å². The highest BCUT2D eigenvalue weighted by molar-refractivity contribution is 7.13. The minimum absolute atomic E-state index is 0.199. The lowest BCUT2D eigenvalue weighted by molar-refractivity contribution is 0.103. The maximum atomic E-state index is 12.3. The molecule has 0 atom stereocenters. The summed E-state index contributed by atoms with van der Waals surface area (Å²) in [5.41, 5.74) is 1.80. The van der Waals surface area contributed by atoms with Crippen LogP contribution in [0.1, 0.15) is 27.3 Å². The van der Waals surface area contributed by atoms with Crippen molar-refractivity contribution in [2.75, 3.05) is 5.32 Å². The summed E-state index contributed by atoms with van der Waals surface area (Å²) >= 11 is 1.38. The monoisotopic (exact) mass is 340 g/mol. The van der Waals surface area contributed by atoms with Gasteiger partial charge in [0.15, 0.2) is 0 Å². The van der Waals surface area contributed by atoms with Gasteiger partial charge in [0.1, 0.15) is 10.7 Å². The fourth-order valence-corrected chi connectivity index (χ4v) is 2.98. The van der Waals surface area contributed by atoms with Crippen molar-refractivity contribution in [2.45, 2.75) is 20.3 Å². The van der Waals surface area contributed by atoms with Gasteiger partial charge in [0.25, 0.3) is 11.5 Å². The van der Waals surface area contributed by atoms with Crippen molar-refractivity contribution in [3.05, 3.63) is 62.5 Å². The van der Waals surface area contributed by atoms with E-state index in [1.807, 2.05) is 13.0 Å². The fourth-order valence-electron chi connectivity index (χ4n) is 2.23. The van der Waals surface area contributed by atoms with Crippen molar-refractivity contribution in [1.82, 2.24) is 15.0 Å². The van der Waals surface area contributed by atoms with E-state index in [9.17, 15) is 9.59 Å². The first-order valence-electron chi connectivity index (χ1n) is 7.49. The third kappa shape index (κ3) is 3.57. The van der Waals surface area contributed by atoms with Crippen LogP contribution in [0.3, 0.4) is 0 Å². The number of hydrogen-bond donors (Lipinski definition) is 2. The van der Waals surface area contributed by atoms with Gasteiger partial charge in [0, 0.05) is 23.0 Å². The van der Waals surface area contributed by atoms with Crippen LogP contribution in [0.5, 0.6) is 0 Å². The molecular formula is C17H16N4O2S. The van der Waals surface area contributed by atoms with Gasteiger partial charge in [-0.15, -0.1) is 11.3 Å². The van der Waals surface area contributed by atoms with Crippen molar-refractivity contribution in [2.24, 2.45) is 0 Å². The molecule has 24 heavy (non-hydrogen) atoms. The largest absolute Gasteiger partial charge is 0.321 e. The normalized spacial score (nSPS) is 10.6. The summed E-state index contributed by atoms with van der Waals surface area (Å²) in [4.78, 5) is 35.7. The van der Waals surface area contributed by atoms with Crippen LogP contribution in [0.2, 0.25) is 0 Å². The van der Waals surface area contributed by atoms with E-state index < -0.39 is 0 Å². The molecule has 6 nitrogen and oxygen atoms in total. The van der Waals surface area contributed by atoms with Gasteiger partial charge < -0.3 is 10.3 Å². The number of hydrogen-bond acceptors (Lipinski definition) is 5. The van der Waals surface area contributed by atoms with Crippen LogP contribution in [-0.4, -0.2) is 20.9 Å². The minimum atomic E-state index is -0.205. The molecule has 2 heterocycles. The van der Waals surface area contributed by atoms with Crippen LogP contribution in [0.15, 0.2) is 41.3 Å². The molecule has 1 aromatic carbocycles. The summed E-state index contributed by atoms with van der Waals surface area (Å²) in [7, 11) is 0. The second kappa shape index (κ2) is 6.76. The second-order valence-electron chi connectivity index (χ2n) is 5.24. The van der Waals surface area contributed by atoms with Crippen LogP contribution in [0, 0.1) is 6.92 Å². The summed E-state index contributed by atoms with van der Waals surface area (Å²) < 4.78 is 0. The number of thiazole rings is 1. The van der Waals surface area contributed by atoms with Gasteiger partial charge in [-0.1, -0.05) is 19.1 Å². The first-order chi connectivity index (χ1) is 11.5. The van der Waals surface area contributed by atoms with Crippen molar-refractivity contribution < 1.29 is 4.79 Å². The molecule has 0 aliphatic rings. The van der Waals surface area contributed by atoms with Gasteiger partial charge in [-0.05, 0) is 25.5 Å². The predicted octanol–water partition coefficient (Wildman–Crippen LogP) is 3.02. The van der Waals surface area contributed by atoms with E-state index in [4.69, 9.17) is 0 Å². The molecule has 0 saturated heterocycles. The number of carbonyl (C=O) groups is 1. The maximum Gasteiger partial charge on any atom is 0.267 e. The number of rotatable bonds is 4. The lowest BCUT2D eigenvalue weighted by atomic mass is 10.2. The minimum Gasteiger partial charge on any atom is -0.321 e. The summed E-state index contributed by atoms with van der Waals surface area (Å²) in [6.07, 6.45) is 2.39. The Balaban J connectivity index is 1.85. The van der Waals surface area contributed by atoms with Gasteiger partial charge in [0.2, 0.25) is 0 Å². The maximum absolute atomic E-state index is 12.3. The molecule has 3 rings (SSSR count). The molecule has 2 aromatic heterocycles. The zero-order valence-corrected chi connectivity index (χ0v) is 14.1. The number of anilines is 1. The molecule has 1 amide bonds. The fraction of sp³-hybridized carbons (Fsp3) is 0.176. The van der Waals surface area contributed by atoms with Crippen LogP contribution in [0.25, 0.3) is 11.4 Å². The number of nitrogens with one attached hydrogen (secondary N) is 2. The average molecular weight is 340 g/mol. The first kappa shape index (κ1) is 16.1. The molecule has 3 aromatic rings. The Morgan fingerprint density at radius 3 is 2.88 bits per heavy atom. The number of benzene rings is 1. The highest BCUT2D eigenvalue weighted by Crippen LogP contribution is 2.20. The van der Waals surface area contributed by atoms with E-state index >= 15 is 0 Å². The topological polar surface area (TPSA) is 87.7 Å². The lowest BCUT2D eigenvalue weighted by Gasteiger charge is -2.06. The molecule has 0 aliphatic heterocycles. The Bertz CT molecular complexity index is 946. The first-order valence-corrected chi connectivity index (χ1v) is 8.31. The highest BCUT2D eigenvalue weighted by Gasteiger charge is 2.11. The SMILES string of the molecule is CCc1ncc(C(=O)Nc2cccc(-c3nc(C)cc(=O)[nH]3)c2)s1. The third-order valence-electron chi connectivity index (χ3n) is 3.34. The molecule has 7 heteroatoms. The Hall–Kier alpha value is -2.80. The zero-order chi connectivity index (χ0) is 17.1. The number of amides is 1. The van der Waals surface area contributed by atoms with Crippen LogP contribution < -0.4 is 10.9 Å². The Morgan fingerprint density at radius 2 is 2.17 bits per heavy atom. The van der Waals surface area contributed by atoms with Crippen LogP contribution >= 0.6 is 11.3 Å². The standard InChI is InChI=1S/C17H16N4O2S/c1-3-15-18-9-13(24-15)17(23)20-12-6-4-5-11(8-12)16-19-10(2)7-14(22)21-16/h4-9H,3H2,1-2H3,(H,20,23)(H,19,21,22). The molecule has 0 fully saturated rings. The summed E-state index contributed by atoms with van der Waals surface area (Å²) in [5.74, 6) is 0.275. The predicted molar refractivity (Wildman–Crippen MR) is 94.5 cm³/mol. The number of H-pyrrole nitrogens is 1. The van der Waals surface area contributed by atoms with Gasteiger partial charge >= 0.3 is 0 Å². The molecule has 0 radical (unpaired) electrons. The smallest absolute Gasteiger partial charge is 0.267 e. The number of nitrogens with zero attached hydrogens (tertiary/aromatic N) is 2. The quantitative estimate of drug-likeness (QED) is 0.764. The van der Waals surface area contributed by atoms with E-state index in [1.165, 1.54) is 17.4 Å². The van der Waals surface area contributed by atoms with Crippen molar-refractivity contribution >= 4 is 22.9 Å². The van der Waals surface area contributed by atoms with Gasteiger partial charge in [-0.3, -0.25) is 9.59 Å². The lowest BCUT2D eigenvalue weighted by Crippen LogP contribution is -2.11. The average Bonchev–Trinajstić information content (AvgIpc) is 3.03. The van der Waals surface area contributed by atoms with Gasteiger partial charge in [-0.2, -0.15) is 0 Å². The van der Waals surface area contributed by atoms with E-state index in [2.05, 4.69) is 20.3 Å². The zero-order valence-electron chi connectivity index (χ0n) is 13.3. The highest BCUT2D eigenvalue weighted by atomic mass is 32.1. The number of carbonyl (C=O) groups excluding carboxylic acids is 1. The molecule has 0 spiro atoms. The molecule has 0 bridgehead atoms. The Kier molecular flexibility index (Phi) is 4.52. The molecule has 2 N–H and O–H groups in total. The van der Waals surface area contributed by atoms with Crippen molar-refractivity contribution in [3.63, 3.8) is 0 Å². The summed E-state index contributed by atoms with van der Waals surface area (Å²) in [5, 5.41) is 3.77. The van der Waals surface area contributed by atoms with Crippen molar-refractivity contribution in [3.8, 4) is 11.4 Å². The van der Waals surface area contributed by atoms with E-state index in [0.717, 1.165) is 17.0 Å². The van der Waals surface area contributed by atoms with Crippen LogP contribution in [-0.2, 0) is 6.42 Å². The molecule has 0 aliphatic carbocycles. The molecular weight excluding hydrogens is 324 g/mol. The summed E-state index contributed by atoms with van der Waals surface area (Å²) in [6.45, 7) is 3.76. The van der Waals surface area contributed by atoms with Gasteiger partial charge in [-0.25, -0.2) is 9.97 Å². The van der Waals surface area contributed by atoms with E-state index in [0.29, 0.717) is 22.1 Å². The third-order valence-corrected chi connectivity index (χ3v) is 4.48. The molecule has 0 saturated carbocycles. The summed E-state index contributed by atoms with van der Waals surface area (Å²) in [6, 6.07) is 8.63. The second-order valence-corrected chi connectivity index (χ2v) is 6.36. The van der Waals surface area contributed by atoms with E-state index in [-0.39, 0.29) is 11.5 Å². The molecule has 122 valence electrons. The van der Waals surface area contributed by atoms with Crippen LogP contribution in [0.4, 0.5) is 5.69 Å². The Morgan fingerprint density at radius 1 is 1.33 bits per heavy atom. The Labute approximate surface area is 142 Å². The van der Waals surface area contributed by atoms with E-state index in [1.54, 1.807) is 31.3 Å². The number of aryl methyl sites for hydroxylation is 2. The number of aromatic nitrogens is 3. The molecule has 0 unspecified atom stereocenters.